The van der Waals surface area contributed by atoms with Crippen molar-refractivity contribution in [1.29, 1.82) is 0 Å². The highest BCUT2D eigenvalue weighted by molar-refractivity contribution is 5.79. The summed E-state index contributed by atoms with van der Waals surface area (Å²) in [5.74, 6) is 0.363. The van der Waals surface area contributed by atoms with E-state index in [1.54, 1.807) is 12.2 Å². The first kappa shape index (κ1) is 23.5. The maximum absolute atomic E-state index is 10.9. The highest BCUT2D eigenvalue weighted by Gasteiger charge is 2.43. The van der Waals surface area contributed by atoms with Crippen molar-refractivity contribution in [3.63, 3.8) is 0 Å². The minimum atomic E-state index is -0.923. The Bertz CT molecular complexity index is 746. The van der Waals surface area contributed by atoms with Crippen molar-refractivity contribution in [3.8, 4) is 5.75 Å². The van der Waals surface area contributed by atoms with E-state index in [1.165, 1.54) is 6.08 Å². The number of carbonyl (C=O) groups is 1. The van der Waals surface area contributed by atoms with Crippen molar-refractivity contribution in [2.75, 3.05) is 13.2 Å². The van der Waals surface area contributed by atoms with Crippen LogP contribution in [0.4, 0.5) is 0 Å². The number of hydrogen-bond donors (Lipinski definition) is 3. The molecule has 3 N–H and O–H groups in total. The molecule has 1 saturated heterocycles. The number of aliphatic hydroxyl groups excluding tert-OH is 2. The van der Waals surface area contributed by atoms with E-state index in [9.17, 15) is 15.0 Å². The van der Waals surface area contributed by atoms with Crippen molar-refractivity contribution in [3.05, 3.63) is 54.6 Å². The smallest absolute Gasteiger partial charge is 0.327 e. The fourth-order valence-electron chi connectivity index (χ4n) is 4.86. The third kappa shape index (κ3) is 6.66. The Balaban J connectivity index is 1.56. The molecule has 1 unspecified atom stereocenters. The van der Waals surface area contributed by atoms with Crippen LogP contribution >= 0.6 is 0 Å². The molecule has 0 radical (unpaired) electrons. The van der Waals surface area contributed by atoms with Crippen LogP contribution in [0.3, 0.4) is 0 Å². The number of carboxylic acids is 1. The second kappa shape index (κ2) is 11.5. The lowest BCUT2D eigenvalue weighted by Crippen LogP contribution is -2.22. The van der Waals surface area contributed by atoms with Crippen molar-refractivity contribution >= 4 is 5.97 Å². The molecule has 3 rings (SSSR count). The molecule has 1 saturated carbocycles. The minimum Gasteiger partial charge on any atom is -0.491 e. The van der Waals surface area contributed by atoms with E-state index >= 15 is 0 Å². The zero-order valence-corrected chi connectivity index (χ0v) is 18.0. The molecule has 31 heavy (non-hydrogen) atoms. The molecule has 1 heterocycles. The van der Waals surface area contributed by atoms with Gasteiger partial charge in [0.25, 0.3) is 0 Å². The molecule has 7 atom stereocenters. The standard InChI is InChI=1S/C25H34O6/c1-2-17(9-13-25(28)29)18-8-11-22-21(23(27)14-24(22)31-15-18)12-10-19(26)16-30-20-6-4-3-5-7-20/h3-7,9-10,12-13,17-19,21-24,26-27H,2,8,11,14-16H2,1H3,(H,28,29)/b12-10+,13-9+/t17?,18-,19+,21+,22+,23+,24-/m0/s1. The maximum atomic E-state index is 10.9. The van der Waals surface area contributed by atoms with Crippen molar-refractivity contribution in [2.45, 2.75) is 50.9 Å². The van der Waals surface area contributed by atoms with Crippen LogP contribution in [0.25, 0.3) is 0 Å². The molecule has 6 heteroatoms. The van der Waals surface area contributed by atoms with Gasteiger partial charge in [0.1, 0.15) is 18.5 Å². The molecule has 1 aliphatic carbocycles. The van der Waals surface area contributed by atoms with E-state index < -0.39 is 18.2 Å². The number of carboxylic acid groups (broad SMARTS) is 1. The van der Waals surface area contributed by atoms with Crippen LogP contribution in [0, 0.1) is 23.7 Å². The average Bonchev–Trinajstić information content (AvgIpc) is 2.92. The first-order chi connectivity index (χ1) is 15.0. The zero-order chi connectivity index (χ0) is 22.2. The van der Waals surface area contributed by atoms with Crippen LogP contribution in [0.1, 0.15) is 32.6 Å². The number of allylic oxidation sites excluding steroid dienone is 1. The Hall–Kier alpha value is -2.15. The molecule has 6 nitrogen and oxygen atoms in total. The van der Waals surface area contributed by atoms with E-state index in [0.717, 1.165) is 19.3 Å². The summed E-state index contributed by atoms with van der Waals surface area (Å²) in [5.41, 5.74) is 0. The molecule has 2 fully saturated rings. The number of hydrogen-bond acceptors (Lipinski definition) is 5. The first-order valence-corrected chi connectivity index (χ1v) is 11.2. The van der Waals surface area contributed by atoms with Gasteiger partial charge in [-0.1, -0.05) is 43.4 Å². The minimum absolute atomic E-state index is 0.00618. The SMILES string of the molecule is CCC(/C=C/C(=O)O)[C@H]1CC[C@@H]2[C@@H](/C=C/[C@@H](O)COc3ccccc3)[C@H](O)C[C@@H]2OC1. The lowest BCUT2D eigenvalue weighted by atomic mass is 9.82. The van der Waals surface area contributed by atoms with Gasteiger partial charge in [-0.25, -0.2) is 4.79 Å². The van der Waals surface area contributed by atoms with Crippen molar-refractivity contribution < 1.29 is 29.6 Å². The van der Waals surface area contributed by atoms with E-state index in [4.69, 9.17) is 14.6 Å². The summed E-state index contributed by atoms with van der Waals surface area (Å²) < 4.78 is 11.8. The fraction of sp³-hybridized carbons (Fsp3) is 0.560. The quantitative estimate of drug-likeness (QED) is 0.410. The summed E-state index contributed by atoms with van der Waals surface area (Å²) in [4.78, 5) is 10.9. The normalized spacial score (nSPS) is 30.7. The van der Waals surface area contributed by atoms with Gasteiger partial charge in [0.2, 0.25) is 0 Å². The molecule has 0 amide bonds. The summed E-state index contributed by atoms with van der Waals surface area (Å²) in [5, 5.41) is 29.8. The Kier molecular flexibility index (Phi) is 8.69. The molecule has 1 aliphatic heterocycles. The summed E-state index contributed by atoms with van der Waals surface area (Å²) in [6.45, 7) is 2.81. The highest BCUT2D eigenvalue weighted by Crippen LogP contribution is 2.42. The molecule has 0 bridgehead atoms. The molecule has 1 aromatic carbocycles. The lowest BCUT2D eigenvalue weighted by molar-refractivity contribution is -0.131. The van der Waals surface area contributed by atoms with Crippen LogP contribution < -0.4 is 4.74 Å². The number of fused-ring (bicyclic) bond motifs is 1. The summed E-state index contributed by atoms with van der Waals surface area (Å²) in [6, 6.07) is 9.36. The van der Waals surface area contributed by atoms with Gasteiger partial charge >= 0.3 is 5.97 Å². The van der Waals surface area contributed by atoms with Gasteiger partial charge in [-0.2, -0.15) is 0 Å². The third-order valence-electron chi connectivity index (χ3n) is 6.57. The summed E-state index contributed by atoms with van der Waals surface area (Å²) in [7, 11) is 0. The Morgan fingerprint density at radius 2 is 2.03 bits per heavy atom. The van der Waals surface area contributed by atoms with E-state index in [1.807, 2.05) is 36.4 Å². The van der Waals surface area contributed by atoms with Crippen molar-refractivity contribution in [2.24, 2.45) is 23.7 Å². The topological polar surface area (TPSA) is 96.2 Å². The number of aliphatic hydroxyl groups is 2. The van der Waals surface area contributed by atoms with E-state index in [0.29, 0.717) is 18.8 Å². The van der Waals surface area contributed by atoms with Crippen LogP contribution in [0.2, 0.25) is 0 Å². The summed E-state index contributed by atoms with van der Waals surface area (Å²) in [6.07, 6.45) is 8.70. The van der Waals surface area contributed by atoms with Crippen LogP contribution in [-0.4, -0.2) is 52.8 Å². The Morgan fingerprint density at radius 3 is 2.74 bits per heavy atom. The van der Waals surface area contributed by atoms with Crippen LogP contribution in [0.5, 0.6) is 5.75 Å². The second-order valence-electron chi connectivity index (χ2n) is 8.60. The maximum Gasteiger partial charge on any atom is 0.327 e. The summed E-state index contributed by atoms with van der Waals surface area (Å²) >= 11 is 0. The van der Waals surface area contributed by atoms with Crippen molar-refractivity contribution in [1.82, 2.24) is 0 Å². The second-order valence-corrected chi connectivity index (χ2v) is 8.60. The molecule has 0 aromatic heterocycles. The first-order valence-electron chi connectivity index (χ1n) is 11.2. The fourth-order valence-corrected chi connectivity index (χ4v) is 4.86. The monoisotopic (exact) mass is 430 g/mol. The van der Waals surface area contributed by atoms with Gasteiger partial charge in [-0.3, -0.25) is 0 Å². The average molecular weight is 431 g/mol. The number of rotatable bonds is 9. The predicted molar refractivity (Wildman–Crippen MR) is 118 cm³/mol. The van der Waals surface area contributed by atoms with Gasteiger partial charge < -0.3 is 24.8 Å². The Labute approximate surface area is 184 Å². The van der Waals surface area contributed by atoms with E-state index in [-0.39, 0.29) is 36.4 Å². The largest absolute Gasteiger partial charge is 0.491 e. The molecule has 170 valence electrons. The van der Waals surface area contributed by atoms with Gasteiger partial charge in [-0.05, 0) is 49.1 Å². The number of aliphatic carboxylic acids is 1. The van der Waals surface area contributed by atoms with Gasteiger partial charge in [0.05, 0.1) is 18.8 Å². The molecular formula is C25H34O6. The molecular weight excluding hydrogens is 396 g/mol. The molecule has 1 aromatic rings. The van der Waals surface area contributed by atoms with Crippen LogP contribution in [-0.2, 0) is 9.53 Å². The van der Waals surface area contributed by atoms with E-state index in [2.05, 4.69) is 6.92 Å². The number of para-hydroxylation sites is 1. The number of ether oxygens (including phenoxy) is 2. The predicted octanol–water partition coefficient (Wildman–Crippen LogP) is 3.44. The van der Waals surface area contributed by atoms with Gasteiger partial charge in [0, 0.05) is 18.4 Å². The number of benzene rings is 1. The van der Waals surface area contributed by atoms with Crippen LogP contribution in [0.15, 0.2) is 54.6 Å². The van der Waals surface area contributed by atoms with Gasteiger partial charge in [-0.15, -0.1) is 0 Å². The Morgan fingerprint density at radius 1 is 1.26 bits per heavy atom. The highest BCUT2D eigenvalue weighted by atomic mass is 16.5. The molecule has 2 aliphatic rings. The molecule has 0 spiro atoms. The zero-order valence-electron chi connectivity index (χ0n) is 18.0. The van der Waals surface area contributed by atoms with Gasteiger partial charge in [0.15, 0.2) is 0 Å². The lowest BCUT2D eigenvalue weighted by Gasteiger charge is -2.23. The third-order valence-corrected chi connectivity index (χ3v) is 6.57.